The number of nitrogens with zero attached hydrogens (tertiary/aromatic N) is 4. The number of carbonyl (C=O) groups is 2. The van der Waals surface area contributed by atoms with Crippen molar-refractivity contribution in [3.05, 3.63) is 23.8 Å². The van der Waals surface area contributed by atoms with Gasteiger partial charge in [-0.15, -0.1) is 0 Å². The largest absolute Gasteiger partial charge is 0.302 e. The molecule has 2 amide bonds. The Labute approximate surface area is 111 Å². The number of fused-ring (bicyclic) bond motifs is 1. The monoisotopic (exact) mass is 260 g/mol. The van der Waals surface area contributed by atoms with Crippen molar-refractivity contribution in [1.82, 2.24) is 19.8 Å². The van der Waals surface area contributed by atoms with Crippen LogP contribution in [0.25, 0.3) is 0 Å². The number of carbonyl (C=O) groups excluding carboxylic acids is 2. The number of imide groups is 1. The highest BCUT2D eigenvalue weighted by atomic mass is 16.2. The minimum Gasteiger partial charge on any atom is -0.302 e. The van der Waals surface area contributed by atoms with E-state index in [2.05, 4.69) is 14.9 Å². The summed E-state index contributed by atoms with van der Waals surface area (Å²) in [6.07, 6.45) is 6.56. The first-order chi connectivity index (χ1) is 9.27. The number of hydrogen-bond donors (Lipinski definition) is 0. The Kier molecular flexibility index (Phi) is 3.25. The molecule has 3 rings (SSSR count). The molecule has 0 radical (unpaired) electrons. The summed E-state index contributed by atoms with van der Waals surface area (Å²) in [5.41, 5.74) is 0.372. The number of amides is 2. The van der Waals surface area contributed by atoms with Crippen molar-refractivity contribution < 1.29 is 9.59 Å². The first kappa shape index (κ1) is 12.2. The number of rotatable bonds is 3. The first-order valence-corrected chi connectivity index (χ1v) is 6.67. The van der Waals surface area contributed by atoms with E-state index in [4.69, 9.17) is 0 Å². The summed E-state index contributed by atoms with van der Waals surface area (Å²) in [6, 6.07) is 0. The van der Waals surface area contributed by atoms with Crippen LogP contribution in [0.4, 0.5) is 0 Å². The highest BCUT2D eigenvalue weighted by Gasteiger charge is 2.37. The zero-order valence-electron chi connectivity index (χ0n) is 10.7. The minimum atomic E-state index is -0.315. The zero-order chi connectivity index (χ0) is 13.2. The van der Waals surface area contributed by atoms with Crippen molar-refractivity contribution in [2.75, 3.05) is 26.2 Å². The molecule has 100 valence electrons. The molecule has 1 aromatic heterocycles. The van der Waals surface area contributed by atoms with E-state index in [1.165, 1.54) is 36.6 Å². The third kappa shape index (κ3) is 2.23. The van der Waals surface area contributed by atoms with Crippen LogP contribution in [0.2, 0.25) is 0 Å². The van der Waals surface area contributed by atoms with Gasteiger partial charge in [-0.3, -0.25) is 14.5 Å². The molecule has 0 saturated carbocycles. The van der Waals surface area contributed by atoms with E-state index in [0.717, 1.165) is 19.6 Å². The predicted octanol–water partition coefficient (Wildman–Crippen LogP) is 0.558. The standard InChI is InChI=1S/C13H16N4O2/c18-12-10-11(15-5-4-14-10)13(19)17(12)9-8-16-6-2-1-3-7-16/h4-5H,1-3,6-9H2. The topological polar surface area (TPSA) is 66.4 Å². The van der Waals surface area contributed by atoms with Crippen molar-refractivity contribution in [3.63, 3.8) is 0 Å². The van der Waals surface area contributed by atoms with Gasteiger partial charge in [-0.25, -0.2) is 9.97 Å². The molecule has 2 aliphatic heterocycles. The Morgan fingerprint density at radius 1 is 0.895 bits per heavy atom. The van der Waals surface area contributed by atoms with E-state index in [1.807, 2.05) is 0 Å². The fraction of sp³-hybridized carbons (Fsp3) is 0.538. The van der Waals surface area contributed by atoms with Crippen LogP contribution in [-0.2, 0) is 0 Å². The third-order valence-electron chi connectivity index (χ3n) is 3.68. The Morgan fingerprint density at radius 2 is 1.47 bits per heavy atom. The molecule has 3 heterocycles. The maximum atomic E-state index is 12.1. The number of hydrogen-bond acceptors (Lipinski definition) is 5. The van der Waals surface area contributed by atoms with Gasteiger partial charge in [-0.05, 0) is 25.9 Å². The molecule has 0 unspecified atom stereocenters. The maximum absolute atomic E-state index is 12.1. The van der Waals surface area contributed by atoms with Gasteiger partial charge >= 0.3 is 0 Å². The Bertz CT molecular complexity index is 476. The van der Waals surface area contributed by atoms with Crippen LogP contribution in [0.3, 0.4) is 0 Å². The predicted molar refractivity (Wildman–Crippen MR) is 67.7 cm³/mol. The Balaban J connectivity index is 1.67. The van der Waals surface area contributed by atoms with Gasteiger partial charge in [-0.2, -0.15) is 0 Å². The summed E-state index contributed by atoms with van der Waals surface area (Å²) in [5.74, 6) is -0.629. The third-order valence-corrected chi connectivity index (χ3v) is 3.68. The second kappa shape index (κ2) is 5.05. The lowest BCUT2D eigenvalue weighted by Gasteiger charge is -2.27. The summed E-state index contributed by atoms with van der Waals surface area (Å²) >= 11 is 0. The molecule has 0 aromatic carbocycles. The van der Waals surface area contributed by atoms with Crippen LogP contribution in [0, 0.1) is 0 Å². The molecule has 0 aliphatic carbocycles. The molecule has 0 bridgehead atoms. The van der Waals surface area contributed by atoms with Gasteiger partial charge in [0.25, 0.3) is 11.8 Å². The summed E-state index contributed by atoms with van der Waals surface area (Å²) < 4.78 is 0. The number of piperidine rings is 1. The van der Waals surface area contributed by atoms with Crippen LogP contribution in [-0.4, -0.2) is 57.8 Å². The van der Waals surface area contributed by atoms with E-state index in [0.29, 0.717) is 6.54 Å². The second-order valence-corrected chi connectivity index (χ2v) is 4.92. The second-order valence-electron chi connectivity index (χ2n) is 4.92. The molecule has 1 saturated heterocycles. The van der Waals surface area contributed by atoms with Gasteiger partial charge in [0.1, 0.15) is 0 Å². The quantitative estimate of drug-likeness (QED) is 0.743. The molecule has 2 aliphatic rings. The molecular formula is C13H16N4O2. The smallest absolute Gasteiger partial charge is 0.281 e. The van der Waals surface area contributed by atoms with Crippen LogP contribution in [0.1, 0.15) is 40.2 Å². The fourth-order valence-electron chi connectivity index (χ4n) is 2.63. The Morgan fingerprint density at radius 3 is 2.05 bits per heavy atom. The lowest BCUT2D eigenvalue weighted by Crippen LogP contribution is -2.40. The SMILES string of the molecule is O=C1c2nccnc2C(=O)N1CCN1CCCCC1. The lowest BCUT2D eigenvalue weighted by atomic mass is 10.1. The van der Waals surface area contributed by atoms with Crippen LogP contribution >= 0.6 is 0 Å². The van der Waals surface area contributed by atoms with Gasteiger partial charge < -0.3 is 4.90 Å². The average molecular weight is 260 g/mol. The number of likely N-dealkylation sites (tertiary alicyclic amines) is 1. The van der Waals surface area contributed by atoms with E-state index >= 15 is 0 Å². The minimum absolute atomic E-state index is 0.186. The van der Waals surface area contributed by atoms with E-state index in [-0.39, 0.29) is 23.2 Å². The van der Waals surface area contributed by atoms with Gasteiger partial charge in [0.2, 0.25) is 0 Å². The molecule has 19 heavy (non-hydrogen) atoms. The van der Waals surface area contributed by atoms with Crippen molar-refractivity contribution >= 4 is 11.8 Å². The van der Waals surface area contributed by atoms with Crippen molar-refractivity contribution in [1.29, 1.82) is 0 Å². The maximum Gasteiger partial charge on any atom is 0.281 e. The van der Waals surface area contributed by atoms with Gasteiger partial charge in [0.05, 0.1) is 0 Å². The van der Waals surface area contributed by atoms with Gasteiger partial charge in [-0.1, -0.05) is 6.42 Å². The lowest BCUT2D eigenvalue weighted by molar-refractivity contribution is 0.0628. The van der Waals surface area contributed by atoms with Crippen LogP contribution in [0.5, 0.6) is 0 Å². The first-order valence-electron chi connectivity index (χ1n) is 6.67. The highest BCUT2D eigenvalue weighted by Crippen LogP contribution is 2.18. The Hall–Kier alpha value is -1.82. The van der Waals surface area contributed by atoms with E-state index in [9.17, 15) is 9.59 Å². The molecule has 1 fully saturated rings. The molecule has 0 N–H and O–H groups in total. The fourth-order valence-corrected chi connectivity index (χ4v) is 2.63. The molecule has 6 nitrogen and oxygen atoms in total. The summed E-state index contributed by atoms with van der Waals surface area (Å²) in [7, 11) is 0. The molecule has 0 atom stereocenters. The van der Waals surface area contributed by atoms with Crippen molar-refractivity contribution in [3.8, 4) is 0 Å². The molecule has 0 spiro atoms. The van der Waals surface area contributed by atoms with Gasteiger partial charge in [0.15, 0.2) is 11.4 Å². The zero-order valence-corrected chi connectivity index (χ0v) is 10.7. The summed E-state index contributed by atoms with van der Waals surface area (Å²) in [4.78, 5) is 35.6. The summed E-state index contributed by atoms with van der Waals surface area (Å²) in [6.45, 7) is 3.28. The normalized spacial score (nSPS) is 19.9. The van der Waals surface area contributed by atoms with Crippen molar-refractivity contribution in [2.45, 2.75) is 19.3 Å². The molecule has 1 aromatic rings. The van der Waals surface area contributed by atoms with Crippen molar-refractivity contribution in [2.24, 2.45) is 0 Å². The molecule has 6 heteroatoms. The van der Waals surface area contributed by atoms with E-state index in [1.54, 1.807) is 0 Å². The highest BCUT2D eigenvalue weighted by molar-refractivity contribution is 6.19. The van der Waals surface area contributed by atoms with Crippen LogP contribution in [0.15, 0.2) is 12.4 Å². The number of aromatic nitrogens is 2. The van der Waals surface area contributed by atoms with E-state index < -0.39 is 0 Å². The summed E-state index contributed by atoms with van der Waals surface area (Å²) in [5, 5.41) is 0. The van der Waals surface area contributed by atoms with Gasteiger partial charge in [0, 0.05) is 25.5 Å². The molecular weight excluding hydrogens is 244 g/mol. The van der Waals surface area contributed by atoms with Crippen LogP contribution < -0.4 is 0 Å². The average Bonchev–Trinajstić information content (AvgIpc) is 2.71.